The van der Waals surface area contributed by atoms with Crippen LogP contribution in [0.4, 0.5) is 11.4 Å². The summed E-state index contributed by atoms with van der Waals surface area (Å²) in [5, 5.41) is 12.5. The number of rotatable bonds is 3. The first-order valence-electron chi connectivity index (χ1n) is 6.53. The molecule has 0 aliphatic carbocycles. The molecule has 0 aliphatic heterocycles. The van der Waals surface area contributed by atoms with Crippen LogP contribution in [0.25, 0.3) is 0 Å². The molecule has 5 heteroatoms. The molecule has 0 bridgehead atoms. The molecule has 2 aromatic carbocycles. The van der Waals surface area contributed by atoms with E-state index >= 15 is 0 Å². The van der Waals surface area contributed by atoms with Crippen LogP contribution in [0.1, 0.15) is 16.7 Å². The molecule has 0 saturated carbocycles. The summed E-state index contributed by atoms with van der Waals surface area (Å²) in [5.74, 6) is -0.00721. The monoisotopic (exact) mass is 303 g/mol. The van der Waals surface area contributed by atoms with E-state index in [1.807, 2.05) is 43.1 Å². The fourth-order valence-corrected chi connectivity index (χ4v) is 2.67. The predicted octanol–water partition coefficient (Wildman–Crippen LogP) is 3.82. The molecule has 21 heavy (non-hydrogen) atoms. The van der Waals surface area contributed by atoms with Gasteiger partial charge >= 0.3 is 0 Å². The average molecular weight is 304 g/mol. The summed E-state index contributed by atoms with van der Waals surface area (Å²) in [7, 11) is 1.93. The highest BCUT2D eigenvalue weighted by Gasteiger charge is 2.16. The van der Waals surface area contributed by atoms with Crippen molar-refractivity contribution in [2.24, 2.45) is 10.9 Å². The standard InChI is InChI=1S/C16H18ClN3O/c1-10-7-8-13(11(2)9-10)20(3)14-6-4-5-12(17)15(14)16(18)19-21/h4-9,21H,1-3H3,(H2,18,19). The maximum absolute atomic E-state index is 8.97. The zero-order chi connectivity index (χ0) is 15.6. The van der Waals surface area contributed by atoms with Crippen molar-refractivity contribution >= 4 is 28.8 Å². The van der Waals surface area contributed by atoms with Crippen LogP contribution in [0.2, 0.25) is 5.02 Å². The minimum absolute atomic E-state index is 0.00721. The lowest BCUT2D eigenvalue weighted by molar-refractivity contribution is 0.318. The molecule has 110 valence electrons. The topological polar surface area (TPSA) is 61.8 Å². The van der Waals surface area contributed by atoms with Gasteiger partial charge < -0.3 is 15.8 Å². The largest absolute Gasteiger partial charge is 0.409 e. The molecule has 0 spiro atoms. The van der Waals surface area contributed by atoms with E-state index in [-0.39, 0.29) is 5.84 Å². The van der Waals surface area contributed by atoms with Crippen molar-refractivity contribution in [3.8, 4) is 0 Å². The Balaban J connectivity index is 2.58. The van der Waals surface area contributed by atoms with Gasteiger partial charge in [0, 0.05) is 12.7 Å². The molecule has 0 aliphatic rings. The lowest BCUT2D eigenvalue weighted by Crippen LogP contribution is -2.20. The Labute approximate surface area is 129 Å². The van der Waals surface area contributed by atoms with Gasteiger partial charge in [-0.05, 0) is 37.6 Å². The van der Waals surface area contributed by atoms with Gasteiger partial charge in [0.2, 0.25) is 0 Å². The second-order valence-corrected chi connectivity index (χ2v) is 5.38. The molecule has 3 N–H and O–H groups in total. The number of hydrogen-bond donors (Lipinski definition) is 2. The summed E-state index contributed by atoms with van der Waals surface area (Å²) in [5.41, 5.74) is 10.4. The van der Waals surface area contributed by atoms with E-state index in [0.29, 0.717) is 10.6 Å². The molecule has 4 nitrogen and oxygen atoms in total. The molecule has 0 saturated heterocycles. The zero-order valence-corrected chi connectivity index (χ0v) is 13.0. The van der Waals surface area contributed by atoms with Crippen molar-refractivity contribution in [3.63, 3.8) is 0 Å². The summed E-state index contributed by atoms with van der Waals surface area (Å²) in [6, 6.07) is 11.6. The third-order valence-electron chi connectivity index (χ3n) is 3.43. The summed E-state index contributed by atoms with van der Waals surface area (Å²) in [4.78, 5) is 1.98. The van der Waals surface area contributed by atoms with Gasteiger partial charge in [-0.25, -0.2) is 0 Å². The van der Waals surface area contributed by atoms with Gasteiger partial charge in [0.15, 0.2) is 5.84 Å². The van der Waals surface area contributed by atoms with Crippen LogP contribution in [-0.2, 0) is 0 Å². The van der Waals surface area contributed by atoms with E-state index in [4.69, 9.17) is 22.5 Å². The lowest BCUT2D eigenvalue weighted by atomic mass is 10.1. The minimum Gasteiger partial charge on any atom is -0.409 e. The molecule has 2 rings (SSSR count). The Bertz CT molecular complexity index is 698. The third-order valence-corrected chi connectivity index (χ3v) is 3.75. The molecular formula is C16H18ClN3O. The fourth-order valence-electron chi connectivity index (χ4n) is 2.41. The van der Waals surface area contributed by atoms with Crippen LogP contribution in [0.15, 0.2) is 41.6 Å². The van der Waals surface area contributed by atoms with Crippen LogP contribution < -0.4 is 10.6 Å². The first-order chi connectivity index (χ1) is 9.95. The molecule has 0 aromatic heterocycles. The Kier molecular flexibility index (Phi) is 4.38. The van der Waals surface area contributed by atoms with Gasteiger partial charge in [0.05, 0.1) is 16.3 Å². The van der Waals surface area contributed by atoms with Gasteiger partial charge in [0.1, 0.15) is 0 Å². The van der Waals surface area contributed by atoms with E-state index < -0.39 is 0 Å². The summed E-state index contributed by atoms with van der Waals surface area (Å²) in [6.45, 7) is 4.10. The molecule has 0 fully saturated rings. The smallest absolute Gasteiger partial charge is 0.173 e. The number of halogens is 1. The number of hydrogen-bond acceptors (Lipinski definition) is 3. The van der Waals surface area contributed by atoms with Crippen molar-refractivity contribution in [2.45, 2.75) is 13.8 Å². The first kappa shape index (κ1) is 15.2. The average Bonchev–Trinajstić information content (AvgIpc) is 2.45. The van der Waals surface area contributed by atoms with Crippen LogP contribution in [-0.4, -0.2) is 18.1 Å². The Hall–Kier alpha value is -2.20. The molecule has 0 unspecified atom stereocenters. The normalized spacial score (nSPS) is 11.5. The quantitative estimate of drug-likeness (QED) is 0.392. The number of amidine groups is 1. The van der Waals surface area contributed by atoms with Gasteiger partial charge in [-0.3, -0.25) is 0 Å². The SMILES string of the molecule is Cc1ccc(N(C)c2cccc(Cl)c2C(N)=NO)c(C)c1. The molecular weight excluding hydrogens is 286 g/mol. The summed E-state index contributed by atoms with van der Waals surface area (Å²) < 4.78 is 0. The molecule has 2 aromatic rings. The number of benzene rings is 2. The molecule has 0 heterocycles. The second kappa shape index (κ2) is 6.06. The number of nitrogens with zero attached hydrogens (tertiary/aromatic N) is 2. The number of aryl methyl sites for hydroxylation is 2. The Morgan fingerprint density at radius 2 is 1.90 bits per heavy atom. The van der Waals surface area contributed by atoms with Crippen molar-refractivity contribution in [2.75, 3.05) is 11.9 Å². The van der Waals surface area contributed by atoms with Crippen molar-refractivity contribution in [1.29, 1.82) is 0 Å². The zero-order valence-electron chi connectivity index (χ0n) is 12.3. The van der Waals surface area contributed by atoms with Gasteiger partial charge in [-0.1, -0.05) is 40.5 Å². The molecule has 0 radical (unpaired) electrons. The van der Waals surface area contributed by atoms with E-state index in [0.717, 1.165) is 16.9 Å². The maximum Gasteiger partial charge on any atom is 0.173 e. The van der Waals surface area contributed by atoms with Crippen LogP contribution in [0.5, 0.6) is 0 Å². The minimum atomic E-state index is -0.00721. The van der Waals surface area contributed by atoms with Crippen LogP contribution in [0.3, 0.4) is 0 Å². The van der Waals surface area contributed by atoms with Gasteiger partial charge in [-0.2, -0.15) is 0 Å². The predicted molar refractivity (Wildman–Crippen MR) is 87.9 cm³/mol. The third kappa shape index (κ3) is 2.95. The highest BCUT2D eigenvalue weighted by molar-refractivity contribution is 6.35. The van der Waals surface area contributed by atoms with E-state index in [1.165, 1.54) is 5.56 Å². The Morgan fingerprint density at radius 1 is 1.19 bits per heavy atom. The van der Waals surface area contributed by atoms with Gasteiger partial charge in [0.25, 0.3) is 0 Å². The number of nitrogens with two attached hydrogens (primary N) is 1. The highest BCUT2D eigenvalue weighted by atomic mass is 35.5. The van der Waals surface area contributed by atoms with Crippen molar-refractivity contribution < 1.29 is 5.21 Å². The lowest BCUT2D eigenvalue weighted by Gasteiger charge is -2.24. The van der Waals surface area contributed by atoms with Crippen molar-refractivity contribution in [3.05, 3.63) is 58.1 Å². The first-order valence-corrected chi connectivity index (χ1v) is 6.91. The summed E-state index contributed by atoms with van der Waals surface area (Å²) >= 11 is 6.20. The van der Waals surface area contributed by atoms with E-state index in [9.17, 15) is 0 Å². The summed E-state index contributed by atoms with van der Waals surface area (Å²) in [6.07, 6.45) is 0. The van der Waals surface area contributed by atoms with Gasteiger partial charge in [-0.15, -0.1) is 0 Å². The second-order valence-electron chi connectivity index (χ2n) is 4.97. The van der Waals surface area contributed by atoms with E-state index in [2.05, 4.69) is 18.1 Å². The molecule has 0 atom stereocenters. The molecule has 0 amide bonds. The van der Waals surface area contributed by atoms with Crippen LogP contribution >= 0.6 is 11.6 Å². The number of anilines is 2. The maximum atomic E-state index is 8.97. The Morgan fingerprint density at radius 3 is 2.52 bits per heavy atom. The van der Waals surface area contributed by atoms with Crippen LogP contribution in [0, 0.1) is 13.8 Å². The fraction of sp³-hybridized carbons (Fsp3) is 0.188. The van der Waals surface area contributed by atoms with Crippen molar-refractivity contribution in [1.82, 2.24) is 0 Å². The number of oxime groups is 1. The highest BCUT2D eigenvalue weighted by Crippen LogP contribution is 2.33. The van der Waals surface area contributed by atoms with E-state index in [1.54, 1.807) is 6.07 Å².